The lowest BCUT2D eigenvalue weighted by Gasteiger charge is -2.44. The zero-order valence-corrected chi connectivity index (χ0v) is 19.1. The van der Waals surface area contributed by atoms with Crippen molar-refractivity contribution in [3.05, 3.63) is 29.8 Å². The minimum atomic E-state index is -0.400. The molecule has 0 aromatic heterocycles. The maximum absolute atomic E-state index is 13.2. The van der Waals surface area contributed by atoms with Crippen LogP contribution >= 0.6 is 0 Å². The number of carbonyl (C=O) groups is 3. The first-order valence-electron chi connectivity index (χ1n) is 12.0. The van der Waals surface area contributed by atoms with E-state index in [1.807, 2.05) is 23.1 Å². The van der Waals surface area contributed by atoms with Gasteiger partial charge in [0.2, 0.25) is 17.7 Å². The first kappa shape index (κ1) is 22.6. The SMILES string of the molecule is CC(=O)N1CC(C(=O)N2CCC3(CCCCCc4ccccc4OCCNC3=O)CC2)C1. The molecule has 3 aliphatic heterocycles. The predicted octanol–water partition coefficient (Wildman–Crippen LogP) is 2.39. The van der Waals surface area contributed by atoms with Crippen LogP contribution in [0.5, 0.6) is 5.75 Å². The molecule has 3 aliphatic rings. The van der Waals surface area contributed by atoms with Crippen LogP contribution in [0, 0.1) is 11.3 Å². The molecule has 7 nitrogen and oxygen atoms in total. The molecule has 0 aliphatic carbocycles. The third-order valence-corrected chi connectivity index (χ3v) is 7.41. The topological polar surface area (TPSA) is 79.0 Å². The van der Waals surface area contributed by atoms with E-state index in [1.165, 1.54) is 5.56 Å². The third-order valence-electron chi connectivity index (χ3n) is 7.41. The molecular weight excluding hydrogens is 406 g/mol. The normalized spacial score (nSPS) is 22.3. The van der Waals surface area contributed by atoms with Gasteiger partial charge in [-0.2, -0.15) is 0 Å². The number of carbonyl (C=O) groups excluding carboxylic acids is 3. The van der Waals surface area contributed by atoms with Crippen LogP contribution in [0.2, 0.25) is 0 Å². The Balaban J connectivity index is 1.34. The maximum Gasteiger partial charge on any atom is 0.229 e. The van der Waals surface area contributed by atoms with E-state index in [4.69, 9.17) is 4.74 Å². The zero-order valence-electron chi connectivity index (χ0n) is 19.1. The average Bonchev–Trinajstić information content (AvgIpc) is 2.76. The molecule has 1 aromatic carbocycles. The van der Waals surface area contributed by atoms with Crippen molar-refractivity contribution >= 4 is 17.7 Å². The standard InChI is InChI=1S/C25H35N3O4/c1-19(29)28-17-21(18-28)23(30)27-14-11-25(12-15-27)10-6-2-3-7-20-8-4-5-9-22(20)32-16-13-26-24(25)31/h4-5,8-9,21H,2-3,6-7,10-18H2,1H3,(H,26,31). The van der Waals surface area contributed by atoms with Gasteiger partial charge in [0.25, 0.3) is 0 Å². The zero-order chi connectivity index (χ0) is 22.6. The van der Waals surface area contributed by atoms with Gasteiger partial charge in [0, 0.05) is 33.1 Å². The molecule has 7 heteroatoms. The number of piperidine rings is 1. The van der Waals surface area contributed by atoms with Gasteiger partial charge in [-0.25, -0.2) is 0 Å². The molecule has 32 heavy (non-hydrogen) atoms. The molecule has 3 amide bonds. The van der Waals surface area contributed by atoms with Gasteiger partial charge in [-0.3, -0.25) is 14.4 Å². The number of rotatable bonds is 1. The Hall–Kier alpha value is -2.57. The molecule has 4 rings (SSSR count). The average molecular weight is 442 g/mol. The highest BCUT2D eigenvalue weighted by Gasteiger charge is 2.44. The highest BCUT2D eigenvalue weighted by atomic mass is 16.5. The van der Waals surface area contributed by atoms with Crippen molar-refractivity contribution < 1.29 is 19.1 Å². The van der Waals surface area contributed by atoms with Crippen LogP contribution in [0.15, 0.2) is 24.3 Å². The van der Waals surface area contributed by atoms with Crippen LogP contribution in [0.3, 0.4) is 0 Å². The lowest BCUT2D eigenvalue weighted by molar-refractivity contribution is -0.151. The fraction of sp³-hybridized carbons (Fsp3) is 0.640. The summed E-state index contributed by atoms with van der Waals surface area (Å²) in [4.78, 5) is 41.1. The Bertz CT molecular complexity index is 841. The van der Waals surface area contributed by atoms with E-state index < -0.39 is 5.41 Å². The van der Waals surface area contributed by atoms with E-state index in [-0.39, 0.29) is 23.6 Å². The summed E-state index contributed by atoms with van der Waals surface area (Å²) >= 11 is 0. The number of aryl methyl sites for hydroxylation is 1. The van der Waals surface area contributed by atoms with E-state index in [1.54, 1.807) is 11.8 Å². The minimum absolute atomic E-state index is 0.0272. The molecule has 0 unspecified atom stereocenters. The van der Waals surface area contributed by atoms with E-state index in [2.05, 4.69) is 11.4 Å². The lowest BCUT2D eigenvalue weighted by atomic mass is 9.73. The number of fused-ring (bicyclic) bond motifs is 1. The summed E-state index contributed by atoms with van der Waals surface area (Å²) in [5.74, 6) is 1.10. The van der Waals surface area contributed by atoms with Gasteiger partial charge < -0.3 is 19.9 Å². The van der Waals surface area contributed by atoms with Crippen LogP contribution in [0.1, 0.15) is 51.0 Å². The predicted molar refractivity (Wildman–Crippen MR) is 121 cm³/mol. The quantitative estimate of drug-likeness (QED) is 0.726. The van der Waals surface area contributed by atoms with Crippen molar-refractivity contribution in [1.29, 1.82) is 0 Å². The summed E-state index contributed by atoms with van der Waals surface area (Å²) in [6.45, 7) is 4.77. The van der Waals surface area contributed by atoms with Gasteiger partial charge in [-0.1, -0.05) is 31.0 Å². The number of hydrogen-bond donors (Lipinski definition) is 1. The summed E-state index contributed by atoms with van der Waals surface area (Å²) < 4.78 is 5.95. The molecule has 1 aromatic rings. The molecule has 0 saturated carbocycles. The number of para-hydroxylation sites is 1. The summed E-state index contributed by atoms with van der Waals surface area (Å²) in [6, 6.07) is 8.16. The summed E-state index contributed by atoms with van der Waals surface area (Å²) in [5.41, 5.74) is 0.835. The van der Waals surface area contributed by atoms with Gasteiger partial charge >= 0.3 is 0 Å². The number of nitrogens with zero attached hydrogens (tertiary/aromatic N) is 2. The third kappa shape index (κ3) is 4.92. The van der Waals surface area contributed by atoms with E-state index >= 15 is 0 Å². The van der Waals surface area contributed by atoms with E-state index in [0.29, 0.717) is 52.2 Å². The fourth-order valence-corrected chi connectivity index (χ4v) is 5.22. The second-order valence-corrected chi connectivity index (χ2v) is 9.50. The highest BCUT2D eigenvalue weighted by Crippen LogP contribution is 2.38. The summed E-state index contributed by atoms with van der Waals surface area (Å²) in [7, 11) is 0. The van der Waals surface area contributed by atoms with Gasteiger partial charge in [-0.05, 0) is 43.7 Å². The summed E-state index contributed by atoms with van der Waals surface area (Å²) in [5, 5.41) is 3.11. The molecule has 1 N–H and O–H groups in total. The van der Waals surface area contributed by atoms with Crippen molar-refractivity contribution in [2.45, 2.75) is 51.9 Å². The molecule has 2 saturated heterocycles. The highest BCUT2D eigenvalue weighted by molar-refractivity contribution is 5.85. The van der Waals surface area contributed by atoms with Crippen LogP contribution in [-0.2, 0) is 20.8 Å². The van der Waals surface area contributed by atoms with E-state index in [9.17, 15) is 14.4 Å². The van der Waals surface area contributed by atoms with Gasteiger partial charge in [0.15, 0.2) is 0 Å². The van der Waals surface area contributed by atoms with Crippen LogP contribution < -0.4 is 10.1 Å². The minimum Gasteiger partial charge on any atom is -0.491 e. The van der Waals surface area contributed by atoms with Crippen molar-refractivity contribution in [2.24, 2.45) is 11.3 Å². The van der Waals surface area contributed by atoms with E-state index in [0.717, 1.165) is 37.9 Å². The Morgan fingerprint density at radius 2 is 1.78 bits per heavy atom. The van der Waals surface area contributed by atoms with Gasteiger partial charge in [0.1, 0.15) is 12.4 Å². The van der Waals surface area contributed by atoms with Crippen LogP contribution in [-0.4, -0.2) is 66.9 Å². The number of hydrogen-bond acceptors (Lipinski definition) is 4. The Labute approximate surface area is 190 Å². The number of likely N-dealkylation sites (tertiary alicyclic amines) is 2. The maximum atomic E-state index is 13.2. The number of ether oxygens (including phenoxy) is 1. The fourth-order valence-electron chi connectivity index (χ4n) is 5.22. The van der Waals surface area contributed by atoms with Crippen molar-refractivity contribution in [3.8, 4) is 5.75 Å². The van der Waals surface area contributed by atoms with Crippen molar-refractivity contribution in [3.63, 3.8) is 0 Å². The Morgan fingerprint density at radius 3 is 2.53 bits per heavy atom. The second-order valence-electron chi connectivity index (χ2n) is 9.50. The Kier molecular flexibility index (Phi) is 7.01. The van der Waals surface area contributed by atoms with Crippen LogP contribution in [0.4, 0.5) is 0 Å². The monoisotopic (exact) mass is 441 g/mol. The van der Waals surface area contributed by atoms with Crippen molar-refractivity contribution in [1.82, 2.24) is 15.1 Å². The molecular formula is C25H35N3O4. The molecule has 0 bridgehead atoms. The lowest BCUT2D eigenvalue weighted by Crippen LogP contribution is -2.58. The number of amides is 3. The first-order chi connectivity index (χ1) is 15.5. The van der Waals surface area contributed by atoms with Gasteiger partial charge in [-0.15, -0.1) is 0 Å². The number of nitrogens with one attached hydrogen (secondary N) is 1. The molecule has 0 atom stereocenters. The molecule has 1 spiro atoms. The number of benzene rings is 1. The molecule has 3 heterocycles. The Morgan fingerprint density at radius 1 is 1.03 bits per heavy atom. The first-order valence-corrected chi connectivity index (χ1v) is 12.0. The smallest absolute Gasteiger partial charge is 0.229 e. The second kappa shape index (κ2) is 9.92. The largest absolute Gasteiger partial charge is 0.491 e. The van der Waals surface area contributed by atoms with Gasteiger partial charge in [0.05, 0.1) is 17.9 Å². The molecule has 2 fully saturated rings. The summed E-state index contributed by atoms with van der Waals surface area (Å²) in [6.07, 6.45) is 6.44. The van der Waals surface area contributed by atoms with Crippen LogP contribution in [0.25, 0.3) is 0 Å². The van der Waals surface area contributed by atoms with Crippen molar-refractivity contribution in [2.75, 3.05) is 39.3 Å². The molecule has 0 radical (unpaired) electrons. The molecule has 174 valence electrons.